The predicted molar refractivity (Wildman–Crippen MR) is 101 cm³/mol. The molecule has 1 aromatic carbocycles. The van der Waals surface area contributed by atoms with E-state index in [1.54, 1.807) is 29.2 Å². The van der Waals surface area contributed by atoms with Gasteiger partial charge in [-0.15, -0.1) is 0 Å². The molecule has 0 bridgehead atoms. The molecule has 0 spiro atoms. The number of furan rings is 1. The third-order valence-electron chi connectivity index (χ3n) is 5.33. The van der Waals surface area contributed by atoms with E-state index in [4.69, 9.17) is 4.42 Å². The molecule has 2 aliphatic rings. The van der Waals surface area contributed by atoms with E-state index in [-0.39, 0.29) is 30.1 Å². The highest BCUT2D eigenvalue weighted by Gasteiger charge is 2.40. The Morgan fingerprint density at radius 3 is 2.46 bits per heavy atom. The molecule has 150 valence electrons. The van der Waals surface area contributed by atoms with Gasteiger partial charge in [-0.3, -0.25) is 9.69 Å². The number of rotatable bonds is 4. The van der Waals surface area contributed by atoms with Crippen molar-refractivity contribution in [1.29, 1.82) is 0 Å². The van der Waals surface area contributed by atoms with Gasteiger partial charge in [0.25, 0.3) is 5.91 Å². The highest BCUT2D eigenvalue weighted by Crippen LogP contribution is 2.23. The van der Waals surface area contributed by atoms with Crippen molar-refractivity contribution in [2.24, 2.45) is 0 Å². The first-order chi connectivity index (χ1) is 13.4. The minimum atomic E-state index is -3.36. The third kappa shape index (κ3) is 3.96. The van der Waals surface area contributed by atoms with Crippen LogP contribution in [0.4, 0.5) is 4.39 Å². The topological polar surface area (TPSA) is 74.1 Å². The van der Waals surface area contributed by atoms with Gasteiger partial charge in [-0.2, -0.15) is 4.31 Å². The molecule has 1 aromatic heterocycles. The number of nitrogens with zero attached hydrogens (tertiary/aromatic N) is 3. The Bertz CT molecular complexity index is 923. The van der Waals surface area contributed by atoms with Gasteiger partial charge in [0.2, 0.25) is 10.0 Å². The summed E-state index contributed by atoms with van der Waals surface area (Å²) in [5.74, 6) is -0.0859. The van der Waals surface area contributed by atoms with E-state index < -0.39 is 10.0 Å². The molecule has 1 atom stereocenters. The molecule has 3 heterocycles. The smallest absolute Gasteiger partial charge is 0.289 e. The van der Waals surface area contributed by atoms with Gasteiger partial charge in [-0.1, -0.05) is 12.1 Å². The summed E-state index contributed by atoms with van der Waals surface area (Å²) < 4.78 is 44.8. The largest absolute Gasteiger partial charge is 0.459 e. The van der Waals surface area contributed by atoms with Crippen LogP contribution in [0.15, 0.2) is 47.1 Å². The van der Waals surface area contributed by atoms with Crippen molar-refractivity contribution < 1.29 is 22.0 Å². The van der Waals surface area contributed by atoms with Crippen LogP contribution < -0.4 is 0 Å². The van der Waals surface area contributed by atoms with Gasteiger partial charge in [0.1, 0.15) is 5.82 Å². The Hall–Kier alpha value is -2.23. The van der Waals surface area contributed by atoms with Gasteiger partial charge in [-0.05, 0) is 29.8 Å². The fourth-order valence-corrected chi connectivity index (χ4v) is 5.53. The Morgan fingerprint density at radius 2 is 1.82 bits per heavy atom. The first-order valence-electron chi connectivity index (χ1n) is 9.21. The average molecular weight is 407 g/mol. The van der Waals surface area contributed by atoms with Gasteiger partial charge in [0.05, 0.1) is 12.0 Å². The summed E-state index contributed by atoms with van der Waals surface area (Å²) in [6, 6.07) is 9.12. The van der Waals surface area contributed by atoms with Crippen LogP contribution in [0.2, 0.25) is 0 Å². The number of hydrogen-bond donors (Lipinski definition) is 0. The predicted octanol–water partition coefficient (Wildman–Crippen LogP) is 1.39. The first kappa shape index (κ1) is 19.1. The number of carbonyl (C=O) groups excluding carboxylic acids is 1. The van der Waals surface area contributed by atoms with E-state index in [0.717, 1.165) is 5.56 Å². The van der Waals surface area contributed by atoms with Gasteiger partial charge in [0, 0.05) is 45.3 Å². The van der Waals surface area contributed by atoms with Crippen molar-refractivity contribution in [3.63, 3.8) is 0 Å². The van der Waals surface area contributed by atoms with E-state index in [0.29, 0.717) is 38.5 Å². The fraction of sp³-hybridized carbons (Fsp3) is 0.421. The molecule has 28 heavy (non-hydrogen) atoms. The summed E-state index contributed by atoms with van der Waals surface area (Å²) in [6.45, 7) is 2.97. The fourth-order valence-electron chi connectivity index (χ4n) is 3.77. The zero-order valence-corrected chi connectivity index (χ0v) is 16.1. The second-order valence-electron chi connectivity index (χ2n) is 7.16. The molecule has 0 aliphatic carbocycles. The number of benzene rings is 1. The molecule has 2 aromatic rings. The maximum atomic E-state index is 13.1. The zero-order chi connectivity index (χ0) is 19.7. The lowest BCUT2D eigenvalue weighted by Gasteiger charge is -2.37. The number of sulfonamides is 1. The van der Waals surface area contributed by atoms with Crippen molar-refractivity contribution in [2.75, 3.05) is 38.5 Å². The maximum Gasteiger partial charge on any atom is 0.289 e. The molecule has 2 fully saturated rings. The lowest BCUT2D eigenvalue weighted by atomic mass is 10.2. The van der Waals surface area contributed by atoms with E-state index in [1.165, 1.54) is 22.7 Å². The number of hydrogen-bond acceptors (Lipinski definition) is 5. The van der Waals surface area contributed by atoms with Crippen molar-refractivity contribution >= 4 is 15.9 Å². The van der Waals surface area contributed by atoms with Crippen LogP contribution in [-0.4, -0.2) is 72.9 Å². The Balaban J connectivity index is 1.35. The third-order valence-corrected chi connectivity index (χ3v) is 7.20. The van der Waals surface area contributed by atoms with Gasteiger partial charge >= 0.3 is 0 Å². The standard InChI is InChI=1S/C19H22FN3O4S/c20-16-5-3-15(4-6-16)12-23-13-17(14-28(23,25)26)21-7-9-22(10-8-21)19(24)18-2-1-11-27-18/h1-6,11,17H,7-10,12-14H2. The molecule has 7 nitrogen and oxygen atoms in total. The Morgan fingerprint density at radius 1 is 1.11 bits per heavy atom. The molecule has 1 unspecified atom stereocenters. The van der Waals surface area contributed by atoms with Crippen LogP contribution in [0.5, 0.6) is 0 Å². The SMILES string of the molecule is O=C(c1ccco1)N1CCN(C2CN(Cc3ccc(F)cc3)S(=O)(=O)C2)CC1. The molecule has 4 rings (SSSR count). The van der Waals surface area contributed by atoms with E-state index in [2.05, 4.69) is 4.90 Å². The first-order valence-corrected chi connectivity index (χ1v) is 10.8. The van der Waals surface area contributed by atoms with Crippen LogP contribution in [0.25, 0.3) is 0 Å². The quantitative estimate of drug-likeness (QED) is 0.766. The second kappa shape index (κ2) is 7.65. The summed E-state index contributed by atoms with van der Waals surface area (Å²) in [5.41, 5.74) is 0.763. The lowest BCUT2D eigenvalue weighted by Crippen LogP contribution is -2.53. The molecule has 0 radical (unpaired) electrons. The number of piperazine rings is 1. The monoisotopic (exact) mass is 407 g/mol. The minimum Gasteiger partial charge on any atom is -0.459 e. The number of carbonyl (C=O) groups is 1. The van der Waals surface area contributed by atoms with Crippen molar-refractivity contribution in [3.8, 4) is 0 Å². The molecule has 0 N–H and O–H groups in total. The molecular weight excluding hydrogens is 385 g/mol. The van der Waals surface area contributed by atoms with Crippen LogP contribution in [-0.2, 0) is 16.6 Å². The average Bonchev–Trinajstić information content (AvgIpc) is 3.32. The lowest BCUT2D eigenvalue weighted by molar-refractivity contribution is 0.0553. The summed E-state index contributed by atoms with van der Waals surface area (Å²) in [4.78, 5) is 16.2. The molecule has 1 amide bonds. The van der Waals surface area contributed by atoms with Gasteiger partial charge in [-0.25, -0.2) is 12.8 Å². The van der Waals surface area contributed by atoms with E-state index >= 15 is 0 Å². The summed E-state index contributed by atoms with van der Waals surface area (Å²) in [7, 11) is -3.36. The van der Waals surface area contributed by atoms with Crippen LogP contribution in [0.3, 0.4) is 0 Å². The molecule has 2 aliphatic heterocycles. The van der Waals surface area contributed by atoms with E-state index in [1.807, 2.05) is 0 Å². The summed E-state index contributed by atoms with van der Waals surface area (Å²) >= 11 is 0. The second-order valence-corrected chi connectivity index (χ2v) is 9.17. The van der Waals surface area contributed by atoms with Crippen molar-refractivity contribution in [1.82, 2.24) is 14.1 Å². The Kier molecular flexibility index (Phi) is 5.22. The van der Waals surface area contributed by atoms with Crippen molar-refractivity contribution in [3.05, 3.63) is 59.8 Å². The van der Waals surface area contributed by atoms with Crippen LogP contribution >= 0.6 is 0 Å². The van der Waals surface area contributed by atoms with Crippen LogP contribution in [0.1, 0.15) is 16.1 Å². The minimum absolute atomic E-state index is 0.0698. The normalized spacial score (nSPS) is 23.2. The molecule has 0 saturated carbocycles. The molecule has 2 saturated heterocycles. The number of halogens is 1. The molecular formula is C19H22FN3O4S. The Labute approximate surface area is 163 Å². The van der Waals surface area contributed by atoms with Crippen molar-refractivity contribution in [2.45, 2.75) is 12.6 Å². The van der Waals surface area contributed by atoms with Gasteiger partial charge in [0.15, 0.2) is 5.76 Å². The summed E-state index contributed by atoms with van der Waals surface area (Å²) in [5, 5.41) is 0. The maximum absolute atomic E-state index is 13.1. The van der Waals surface area contributed by atoms with Crippen LogP contribution in [0, 0.1) is 5.82 Å². The van der Waals surface area contributed by atoms with E-state index in [9.17, 15) is 17.6 Å². The highest BCUT2D eigenvalue weighted by molar-refractivity contribution is 7.89. The highest BCUT2D eigenvalue weighted by atomic mass is 32.2. The van der Waals surface area contributed by atoms with Gasteiger partial charge < -0.3 is 9.32 Å². The molecule has 9 heteroatoms. The number of amides is 1. The zero-order valence-electron chi connectivity index (χ0n) is 15.3. The summed E-state index contributed by atoms with van der Waals surface area (Å²) in [6.07, 6.45) is 1.47.